The van der Waals surface area contributed by atoms with Crippen LogP contribution in [0.5, 0.6) is 5.75 Å². The molecule has 1 amide bonds. The van der Waals surface area contributed by atoms with Crippen molar-refractivity contribution >= 4 is 5.91 Å². The number of unbranched alkanes of at least 4 members (excludes halogenated alkanes) is 3. The molecule has 21 heavy (non-hydrogen) atoms. The normalized spacial score (nSPS) is 9.67. The first kappa shape index (κ1) is 17.1. The van der Waals surface area contributed by atoms with Gasteiger partial charge in [0.25, 0.3) is 5.91 Å². The SMILES string of the molecule is CCCCCCNC(=O)c1ccc(OC)c(C#CCO)c1. The zero-order chi connectivity index (χ0) is 15.5. The molecule has 1 rings (SSSR count). The lowest BCUT2D eigenvalue weighted by atomic mass is 10.1. The van der Waals surface area contributed by atoms with Crippen molar-refractivity contribution in [2.24, 2.45) is 0 Å². The summed E-state index contributed by atoms with van der Waals surface area (Å²) >= 11 is 0. The molecule has 0 aromatic heterocycles. The maximum absolute atomic E-state index is 12.1. The number of hydrogen-bond acceptors (Lipinski definition) is 3. The number of aliphatic hydroxyl groups excluding tert-OH is 1. The number of ether oxygens (including phenoxy) is 1. The summed E-state index contributed by atoms with van der Waals surface area (Å²) in [5.74, 6) is 5.84. The fourth-order valence-electron chi connectivity index (χ4n) is 1.94. The molecule has 0 aliphatic heterocycles. The predicted molar refractivity (Wildman–Crippen MR) is 83.4 cm³/mol. The van der Waals surface area contributed by atoms with E-state index in [0.717, 1.165) is 12.8 Å². The number of hydrogen-bond donors (Lipinski definition) is 2. The van der Waals surface area contributed by atoms with Crippen molar-refractivity contribution in [1.29, 1.82) is 0 Å². The van der Waals surface area contributed by atoms with E-state index < -0.39 is 0 Å². The molecule has 0 atom stereocenters. The molecule has 0 heterocycles. The monoisotopic (exact) mass is 289 g/mol. The Morgan fingerprint density at radius 1 is 1.33 bits per heavy atom. The van der Waals surface area contributed by atoms with Crippen molar-refractivity contribution in [2.75, 3.05) is 20.3 Å². The molecule has 114 valence electrons. The maximum atomic E-state index is 12.1. The minimum Gasteiger partial charge on any atom is -0.495 e. The van der Waals surface area contributed by atoms with Crippen molar-refractivity contribution in [1.82, 2.24) is 5.32 Å². The second kappa shape index (κ2) is 9.84. The summed E-state index contributed by atoms with van der Waals surface area (Å²) in [6.07, 6.45) is 4.50. The first-order chi connectivity index (χ1) is 10.2. The molecule has 1 aromatic rings. The second-order valence-corrected chi connectivity index (χ2v) is 4.69. The third-order valence-electron chi connectivity index (χ3n) is 3.08. The second-order valence-electron chi connectivity index (χ2n) is 4.69. The van der Waals surface area contributed by atoms with E-state index in [0.29, 0.717) is 23.4 Å². The Labute approximate surface area is 126 Å². The highest BCUT2D eigenvalue weighted by atomic mass is 16.5. The summed E-state index contributed by atoms with van der Waals surface area (Å²) in [5, 5.41) is 11.7. The minimum absolute atomic E-state index is 0.110. The molecule has 0 aliphatic rings. The van der Waals surface area contributed by atoms with E-state index in [2.05, 4.69) is 24.1 Å². The summed E-state index contributed by atoms with van der Waals surface area (Å²) in [6.45, 7) is 2.62. The molecular weight excluding hydrogens is 266 g/mol. The van der Waals surface area contributed by atoms with E-state index in [9.17, 15) is 4.79 Å². The van der Waals surface area contributed by atoms with Crippen molar-refractivity contribution in [3.8, 4) is 17.6 Å². The zero-order valence-electron chi connectivity index (χ0n) is 12.7. The molecule has 0 saturated heterocycles. The van der Waals surface area contributed by atoms with Crippen molar-refractivity contribution in [3.63, 3.8) is 0 Å². The molecule has 0 fully saturated rings. The molecule has 0 unspecified atom stereocenters. The molecule has 4 nitrogen and oxygen atoms in total. The van der Waals surface area contributed by atoms with Gasteiger partial charge in [0.05, 0.1) is 12.7 Å². The van der Waals surface area contributed by atoms with E-state index in [1.54, 1.807) is 25.3 Å². The summed E-state index contributed by atoms with van der Waals surface area (Å²) in [7, 11) is 1.55. The van der Waals surface area contributed by atoms with Gasteiger partial charge in [-0.2, -0.15) is 0 Å². The van der Waals surface area contributed by atoms with Gasteiger partial charge in [0.1, 0.15) is 12.4 Å². The first-order valence-corrected chi connectivity index (χ1v) is 7.28. The number of aliphatic hydroxyl groups is 1. The Balaban J connectivity index is 2.67. The smallest absolute Gasteiger partial charge is 0.251 e. The van der Waals surface area contributed by atoms with Crippen LogP contribution in [0.1, 0.15) is 48.5 Å². The van der Waals surface area contributed by atoms with Crippen LogP contribution in [0.15, 0.2) is 18.2 Å². The van der Waals surface area contributed by atoms with Gasteiger partial charge in [-0.15, -0.1) is 0 Å². The number of benzene rings is 1. The number of carbonyl (C=O) groups is 1. The summed E-state index contributed by atoms with van der Waals surface area (Å²) in [5.41, 5.74) is 1.15. The number of rotatable bonds is 7. The Morgan fingerprint density at radius 2 is 2.14 bits per heavy atom. The molecule has 4 heteroatoms. The standard InChI is InChI=1S/C17H23NO3/c1-3-4-5-6-11-18-17(20)15-9-10-16(21-2)14(13-15)8-7-12-19/h9-10,13,19H,3-6,11-12H2,1-2H3,(H,18,20). The zero-order valence-corrected chi connectivity index (χ0v) is 12.7. The summed E-state index contributed by atoms with van der Waals surface area (Å²) in [4.78, 5) is 12.1. The maximum Gasteiger partial charge on any atom is 0.251 e. The third kappa shape index (κ3) is 5.88. The molecular formula is C17H23NO3. The number of nitrogens with one attached hydrogen (secondary N) is 1. The third-order valence-corrected chi connectivity index (χ3v) is 3.08. The minimum atomic E-state index is -0.225. The van der Waals surface area contributed by atoms with Gasteiger partial charge in [0, 0.05) is 12.1 Å². The Kier molecular flexibility index (Phi) is 8.00. The Hall–Kier alpha value is -1.99. The van der Waals surface area contributed by atoms with E-state index in [1.165, 1.54) is 12.8 Å². The first-order valence-electron chi connectivity index (χ1n) is 7.28. The molecule has 1 aromatic carbocycles. The van der Waals surface area contributed by atoms with Gasteiger partial charge < -0.3 is 15.2 Å². The van der Waals surface area contributed by atoms with E-state index in [1.807, 2.05) is 0 Å². The fraction of sp³-hybridized carbons (Fsp3) is 0.471. The summed E-state index contributed by atoms with van der Waals surface area (Å²) in [6, 6.07) is 5.11. The van der Waals surface area contributed by atoms with Crippen LogP contribution < -0.4 is 10.1 Å². The van der Waals surface area contributed by atoms with Crippen LogP contribution in [0, 0.1) is 11.8 Å². The van der Waals surface area contributed by atoms with Gasteiger partial charge in [-0.05, 0) is 24.6 Å². The van der Waals surface area contributed by atoms with Crippen LogP contribution in [0.3, 0.4) is 0 Å². The molecule has 0 radical (unpaired) electrons. The van der Waals surface area contributed by atoms with Crippen LogP contribution in [-0.2, 0) is 0 Å². The van der Waals surface area contributed by atoms with Crippen molar-refractivity contribution in [3.05, 3.63) is 29.3 Å². The van der Waals surface area contributed by atoms with Gasteiger partial charge in [-0.3, -0.25) is 4.79 Å². The molecule has 0 bridgehead atoms. The summed E-state index contributed by atoms with van der Waals surface area (Å²) < 4.78 is 5.19. The van der Waals surface area contributed by atoms with Gasteiger partial charge in [0.2, 0.25) is 0 Å². The van der Waals surface area contributed by atoms with E-state index in [-0.39, 0.29) is 12.5 Å². The fourth-order valence-corrected chi connectivity index (χ4v) is 1.94. The van der Waals surface area contributed by atoms with Gasteiger partial charge in [0.15, 0.2) is 0 Å². The van der Waals surface area contributed by atoms with Crippen molar-refractivity contribution < 1.29 is 14.6 Å². The Morgan fingerprint density at radius 3 is 2.81 bits per heavy atom. The van der Waals surface area contributed by atoms with E-state index in [4.69, 9.17) is 9.84 Å². The van der Waals surface area contributed by atoms with Crippen LogP contribution in [-0.4, -0.2) is 31.3 Å². The lowest BCUT2D eigenvalue weighted by Crippen LogP contribution is -2.24. The molecule has 0 spiro atoms. The number of carbonyl (C=O) groups excluding carboxylic acids is 1. The largest absolute Gasteiger partial charge is 0.495 e. The average Bonchev–Trinajstić information content (AvgIpc) is 2.52. The van der Waals surface area contributed by atoms with Crippen LogP contribution in [0.4, 0.5) is 0 Å². The van der Waals surface area contributed by atoms with Crippen LogP contribution >= 0.6 is 0 Å². The average molecular weight is 289 g/mol. The van der Waals surface area contributed by atoms with Gasteiger partial charge >= 0.3 is 0 Å². The predicted octanol–water partition coefficient (Wildman–Crippen LogP) is 2.35. The highest BCUT2D eigenvalue weighted by Gasteiger charge is 2.08. The topological polar surface area (TPSA) is 58.6 Å². The van der Waals surface area contributed by atoms with Crippen molar-refractivity contribution in [2.45, 2.75) is 32.6 Å². The number of amides is 1. The highest BCUT2D eigenvalue weighted by molar-refractivity contribution is 5.94. The Bertz CT molecular complexity index is 515. The quantitative estimate of drug-likeness (QED) is 0.598. The van der Waals surface area contributed by atoms with Crippen LogP contribution in [0.25, 0.3) is 0 Å². The number of methoxy groups -OCH3 is 1. The van der Waals surface area contributed by atoms with Gasteiger partial charge in [-0.25, -0.2) is 0 Å². The lowest BCUT2D eigenvalue weighted by molar-refractivity contribution is 0.0953. The lowest BCUT2D eigenvalue weighted by Gasteiger charge is -2.08. The van der Waals surface area contributed by atoms with Gasteiger partial charge in [-0.1, -0.05) is 38.0 Å². The highest BCUT2D eigenvalue weighted by Crippen LogP contribution is 2.18. The molecule has 2 N–H and O–H groups in total. The van der Waals surface area contributed by atoms with Crippen LogP contribution in [0.2, 0.25) is 0 Å². The van der Waals surface area contributed by atoms with E-state index >= 15 is 0 Å². The molecule has 0 aliphatic carbocycles. The molecule has 0 saturated carbocycles.